The molecule has 4 N–H and O–H groups in total. The SMILES string of the molecule is NC(=O)CSc1ccccc1NC(=O)CCCC(=O)O. The van der Waals surface area contributed by atoms with Crippen LogP contribution in [-0.4, -0.2) is 28.6 Å². The van der Waals surface area contributed by atoms with Crippen LogP contribution < -0.4 is 11.1 Å². The second kappa shape index (κ2) is 8.21. The van der Waals surface area contributed by atoms with Crippen molar-refractivity contribution < 1.29 is 19.5 Å². The van der Waals surface area contributed by atoms with E-state index in [2.05, 4.69) is 5.32 Å². The van der Waals surface area contributed by atoms with Gasteiger partial charge in [-0.05, 0) is 18.6 Å². The summed E-state index contributed by atoms with van der Waals surface area (Å²) >= 11 is 1.24. The van der Waals surface area contributed by atoms with Gasteiger partial charge in [-0.1, -0.05) is 12.1 Å². The molecule has 1 aromatic rings. The van der Waals surface area contributed by atoms with Gasteiger partial charge < -0.3 is 16.2 Å². The fourth-order valence-electron chi connectivity index (χ4n) is 1.46. The summed E-state index contributed by atoms with van der Waals surface area (Å²) in [6.45, 7) is 0. The molecule has 0 radical (unpaired) electrons. The molecule has 0 fully saturated rings. The van der Waals surface area contributed by atoms with E-state index in [1.807, 2.05) is 0 Å². The van der Waals surface area contributed by atoms with Crippen molar-refractivity contribution in [3.8, 4) is 0 Å². The standard InChI is InChI=1S/C13H16N2O4S/c14-11(16)8-20-10-5-2-1-4-9(10)15-12(17)6-3-7-13(18)19/h1-2,4-5H,3,6-8H2,(H2,14,16)(H,15,17)(H,18,19). The number of nitrogens with one attached hydrogen (secondary N) is 1. The minimum Gasteiger partial charge on any atom is -0.481 e. The molecule has 0 saturated heterocycles. The highest BCUT2D eigenvalue weighted by Crippen LogP contribution is 2.26. The summed E-state index contributed by atoms with van der Waals surface area (Å²) in [7, 11) is 0. The summed E-state index contributed by atoms with van der Waals surface area (Å²) in [5.74, 6) is -1.47. The predicted molar refractivity (Wildman–Crippen MR) is 76.5 cm³/mol. The lowest BCUT2D eigenvalue weighted by Gasteiger charge is -2.09. The first-order chi connectivity index (χ1) is 9.49. The third-order valence-corrected chi connectivity index (χ3v) is 3.42. The third-order valence-electron chi connectivity index (χ3n) is 2.33. The van der Waals surface area contributed by atoms with Crippen LogP contribution in [-0.2, 0) is 14.4 Å². The van der Waals surface area contributed by atoms with Crippen molar-refractivity contribution in [1.82, 2.24) is 0 Å². The highest BCUT2D eigenvalue weighted by atomic mass is 32.2. The summed E-state index contributed by atoms with van der Waals surface area (Å²) in [6.07, 6.45) is 0.393. The number of para-hydroxylation sites is 1. The lowest BCUT2D eigenvalue weighted by atomic mass is 10.2. The van der Waals surface area contributed by atoms with Crippen molar-refractivity contribution in [2.75, 3.05) is 11.1 Å². The maximum atomic E-state index is 11.7. The number of thioether (sulfide) groups is 1. The molecule has 0 heterocycles. The molecule has 0 aliphatic heterocycles. The number of anilines is 1. The van der Waals surface area contributed by atoms with Crippen LogP contribution in [0.4, 0.5) is 5.69 Å². The molecule has 0 saturated carbocycles. The van der Waals surface area contributed by atoms with Crippen molar-refractivity contribution in [2.45, 2.75) is 24.2 Å². The number of carboxylic acid groups (broad SMARTS) is 1. The average molecular weight is 296 g/mol. The zero-order valence-electron chi connectivity index (χ0n) is 10.8. The maximum absolute atomic E-state index is 11.7. The minimum absolute atomic E-state index is 0.0362. The lowest BCUT2D eigenvalue weighted by Crippen LogP contribution is -2.14. The molecule has 0 atom stereocenters. The van der Waals surface area contributed by atoms with Crippen LogP contribution in [0.25, 0.3) is 0 Å². The summed E-state index contributed by atoms with van der Waals surface area (Å²) in [6, 6.07) is 7.06. The van der Waals surface area contributed by atoms with Crippen LogP contribution in [0.15, 0.2) is 29.2 Å². The van der Waals surface area contributed by atoms with Crippen LogP contribution in [0, 0.1) is 0 Å². The van der Waals surface area contributed by atoms with Gasteiger partial charge in [0.25, 0.3) is 0 Å². The van der Waals surface area contributed by atoms with Crippen molar-refractivity contribution in [1.29, 1.82) is 0 Å². The molecule has 0 bridgehead atoms. The highest BCUT2D eigenvalue weighted by molar-refractivity contribution is 8.00. The Morgan fingerprint density at radius 3 is 2.55 bits per heavy atom. The first kappa shape index (κ1) is 16.0. The van der Waals surface area contributed by atoms with Gasteiger partial charge >= 0.3 is 5.97 Å². The van der Waals surface area contributed by atoms with Crippen LogP contribution in [0.5, 0.6) is 0 Å². The number of rotatable bonds is 8. The number of benzene rings is 1. The largest absolute Gasteiger partial charge is 0.481 e. The number of nitrogens with two attached hydrogens (primary N) is 1. The van der Waals surface area contributed by atoms with Gasteiger partial charge in [-0.2, -0.15) is 0 Å². The third kappa shape index (κ3) is 6.24. The molecule has 1 rings (SSSR count). The Bertz CT molecular complexity index is 505. The maximum Gasteiger partial charge on any atom is 0.303 e. The average Bonchev–Trinajstić information content (AvgIpc) is 2.37. The number of carboxylic acids is 1. The molecule has 2 amide bonds. The van der Waals surface area contributed by atoms with E-state index >= 15 is 0 Å². The van der Waals surface area contributed by atoms with Crippen molar-refractivity contribution in [3.63, 3.8) is 0 Å². The molecule has 0 aliphatic carbocycles. The molecule has 7 heteroatoms. The van der Waals surface area contributed by atoms with E-state index in [0.29, 0.717) is 5.69 Å². The Kier molecular flexibility index (Phi) is 6.58. The summed E-state index contributed by atoms with van der Waals surface area (Å²) in [5.41, 5.74) is 5.68. The minimum atomic E-state index is -0.921. The monoisotopic (exact) mass is 296 g/mol. The van der Waals surface area contributed by atoms with Gasteiger partial charge in [0, 0.05) is 17.7 Å². The number of primary amides is 1. The molecule has 0 unspecified atom stereocenters. The predicted octanol–water partition coefficient (Wildman–Crippen LogP) is 1.46. The molecule has 20 heavy (non-hydrogen) atoms. The van der Waals surface area contributed by atoms with Gasteiger partial charge in [-0.25, -0.2) is 0 Å². The molecule has 108 valence electrons. The number of carbonyl (C=O) groups is 3. The van der Waals surface area contributed by atoms with E-state index in [9.17, 15) is 14.4 Å². The normalized spacial score (nSPS) is 10.0. The Morgan fingerprint density at radius 2 is 1.90 bits per heavy atom. The van der Waals surface area contributed by atoms with Crippen molar-refractivity contribution in [3.05, 3.63) is 24.3 Å². The van der Waals surface area contributed by atoms with Crippen LogP contribution >= 0.6 is 11.8 Å². The van der Waals surface area contributed by atoms with Gasteiger partial charge in [-0.15, -0.1) is 11.8 Å². The summed E-state index contributed by atoms with van der Waals surface area (Å²) in [5, 5.41) is 11.2. The summed E-state index contributed by atoms with van der Waals surface area (Å²) < 4.78 is 0. The van der Waals surface area contributed by atoms with Crippen LogP contribution in [0.1, 0.15) is 19.3 Å². The van der Waals surface area contributed by atoms with Crippen molar-refractivity contribution in [2.24, 2.45) is 5.73 Å². The van der Waals surface area contributed by atoms with Crippen LogP contribution in [0.2, 0.25) is 0 Å². The van der Waals surface area contributed by atoms with Gasteiger partial charge in [0.15, 0.2) is 0 Å². The molecule has 0 spiro atoms. The van der Waals surface area contributed by atoms with E-state index in [1.54, 1.807) is 24.3 Å². The number of hydrogen-bond donors (Lipinski definition) is 3. The fourth-order valence-corrected chi connectivity index (χ4v) is 2.20. The second-order valence-corrected chi connectivity index (χ2v) is 5.06. The Hall–Kier alpha value is -2.02. The molecule has 0 aliphatic rings. The molecular formula is C13H16N2O4S. The van der Waals surface area contributed by atoms with E-state index in [4.69, 9.17) is 10.8 Å². The number of amides is 2. The number of aliphatic carboxylic acids is 1. The number of hydrogen-bond acceptors (Lipinski definition) is 4. The van der Waals surface area contributed by atoms with Gasteiger partial charge in [0.1, 0.15) is 0 Å². The van der Waals surface area contributed by atoms with E-state index in [0.717, 1.165) is 4.90 Å². The molecule has 0 aromatic heterocycles. The zero-order valence-corrected chi connectivity index (χ0v) is 11.6. The van der Waals surface area contributed by atoms with Gasteiger partial charge in [0.2, 0.25) is 11.8 Å². The molecular weight excluding hydrogens is 280 g/mol. The molecule has 1 aromatic carbocycles. The van der Waals surface area contributed by atoms with Crippen LogP contribution in [0.3, 0.4) is 0 Å². The number of carbonyl (C=O) groups excluding carboxylic acids is 2. The van der Waals surface area contributed by atoms with Gasteiger partial charge in [-0.3, -0.25) is 14.4 Å². The van der Waals surface area contributed by atoms with E-state index < -0.39 is 11.9 Å². The Morgan fingerprint density at radius 1 is 1.20 bits per heavy atom. The smallest absolute Gasteiger partial charge is 0.303 e. The highest BCUT2D eigenvalue weighted by Gasteiger charge is 2.08. The lowest BCUT2D eigenvalue weighted by molar-refractivity contribution is -0.137. The first-order valence-corrected chi connectivity index (χ1v) is 6.99. The second-order valence-electron chi connectivity index (χ2n) is 4.05. The summed E-state index contributed by atoms with van der Waals surface area (Å²) in [4.78, 5) is 33.6. The molecule has 6 nitrogen and oxygen atoms in total. The zero-order chi connectivity index (χ0) is 15.0. The first-order valence-electron chi connectivity index (χ1n) is 6.01. The van der Waals surface area contributed by atoms with E-state index in [1.165, 1.54) is 11.8 Å². The topological polar surface area (TPSA) is 109 Å². The fraction of sp³-hybridized carbons (Fsp3) is 0.308. The van der Waals surface area contributed by atoms with Crippen molar-refractivity contribution >= 4 is 35.2 Å². The van der Waals surface area contributed by atoms with Gasteiger partial charge in [0.05, 0.1) is 11.4 Å². The quantitative estimate of drug-likeness (QED) is 0.629. The Labute approximate surface area is 120 Å². The Balaban J connectivity index is 2.55. The van der Waals surface area contributed by atoms with E-state index in [-0.39, 0.29) is 30.9 Å².